The standard InChI is InChI=1S/C9H11FN2OS/c1-7(13)14-6-9(2-3-9)12-5-8(10)4-11-12/h4-5H,2-3,6H2,1H3. The Hall–Kier alpha value is -0.840. The summed E-state index contributed by atoms with van der Waals surface area (Å²) in [5, 5.41) is 4.05. The maximum atomic E-state index is 12.7. The zero-order chi connectivity index (χ0) is 10.2. The molecule has 5 heteroatoms. The second-order valence-electron chi connectivity index (χ2n) is 3.61. The molecule has 0 spiro atoms. The van der Waals surface area contributed by atoms with Crippen LogP contribution in [0.2, 0.25) is 0 Å². The van der Waals surface area contributed by atoms with Crippen LogP contribution in [-0.2, 0) is 10.3 Å². The predicted octanol–water partition coefficient (Wildman–Crippen LogP) is 1.79. The highest BCUT2D eigenvalue weighted by Crippen LogP contribution is 2.45. The van der Waals surface area contributed by atoms with Crippen LogP contribution in [0.25, 0.3) is 0 Å². The number of halogens is 1. The number of carbonyl (C=O) groups is 1. The second kappa shape index (κ2) is 3.38. The van der Waals surface area contributed by atoms with E-state index in [2.05, 4.69) is 5.10 Å². The molecule has 1 heterocycles. The zero-order valence-corrected chi connectivity index (χ0v) is 8.68. The SMILES string of the molecule is CC(=O)SCC1(n2cc(F)cn2)CC1. The van der Waals surface area contributed by atoms with E-state index in [1.807, 2.05) is 0 Å². The molecule has 0 N–H and O–H groups in total. The number of hydrogen-bond donors (Lipinski definition) is 0. The van der Waals surface area contributed by atoms with E-state index in [0.29, 0.717) is 5.75 Å². The van der Waals surface area contributed by atoms with Gasteiger partial charge in [0.25, 0.3) is 0 Å². The summed E-state index contributed by atoms with van der Waals surface area (Å²) in [5.41, 5.74) is -0.0966. The van der Waals surface area contributed by atoms with Gasteiger partial charge in [-0.3, -0.25) is 9.48 Å². The Bertz CT molecular complexity index is 359. The Morgan fingerprint density at radius 3 is 2.93 bits per heavy atom. The molecule has 0 unspecified atom stereocenters. The summed E-state index contributed by atoms with van der Waals surface area (Å²) in [4.78, 5) is 10.8. The molecule has 0 amide bonds. The summed E-state index contributed by atoms with van der Waals surface area (Å²) >= 11 is 1.28. The molecule has 0 radical (unpaired) electrons. The number of carbonyl (C=O) groups excluding carboxylic acids is 1. The third kappa shape index (κ3) is 1.82. The number of thioether (sulfide) groups is 1. The van der Waals surface area contributed by atoms with Gasteiger partial charge in [-0.2, -0.15) is 5.10 Å². The van der Waals surface area contributed by atoms with Crippen LogP contribution in [0, 0.1) is 5.82 Å². The van der Waals surface area contributed by atoms with Crippen molar-refractivity contribution >= 4 is 16.9 Å². The van der Waals surface area contributed by atoms with Crippen molar-refractivity contribution in [3.63, 3.8) is 0 Å². The molecule has 0 atom stereocenters. The van der Waals surface area contributed by atoms with Gasteiger partial charge < -0.3 is 0 Å². The first-order chi connectivity index (χ1) is 6.62. The maximum Gasteiger partial charge on any atom is 0.185 e. The van der Waals surface area contributed by atoms with Gasteiger partial charge in [0, 0.05) is 12.7 Å². The van der Waals surface area contributed by atoms with Crippen LogP contribution in [0.5, 0.6) is 0 Å². The number of hydrogen-bond acceptors (Lipinski definition) is 3. The summed E-state index contributed by atoms with van der Waals surface area (Å²) in [7, 11) is 0. The van der Waals surface area contributed by atoms with Crippen LogP contribution < -0.4 is 0 Å². The summed E-state index contributed by atoms with van der Waals surface area (Å²) in [5.74, 6) is 0.382. The Kier molecular flexibility index (Phi) is 2.34. The van der Waals surface area contributed by atoms with Crippen molar-refractivity contribution in [2.45, 2.75) is 25.3 Å². The highest BCUT2D eigenvalue weighted by Gasteiger charge is 2.45. The first-order valence-electron chi connectivity index (χ1n) is 4.46. The molecule has 0 bridgehead atoms. The molecule has 76 valence electrons. The molecule has 1 aliphatic carbocycles. The minimum atomic E-state index is -0.316. The van der Waals surface area contributed by atoms with E-state index in [1.54, 1.807) is 11.6 Å². The first-order valence-corrected chi connectivity index (χ1v) is 5.45. The minimum Gasteiger partial charge on any atom is -0.288 e. The molecule has 1 saturated carbocycles. The molecule has 0 saturated heterocycles. The molecular formula is C9H11FN2OS. The van der Waals surface area contributed by atoms with Crippen LogP contribution in [0.15, 0.2) is 12.4 Å². The Morgan fingerprint density at radius 2 is 2.50 bits per heavy atom. The van der Waals surface area contributed by atoms with Crippen molar-refractivity contribution < 1.29 is 9.18 Å². The zero-order valence-electron chi connectivity index (χ0n) is 7.86. The number of aromatic nitrogens is 2. The monoisotopic (exact) mass is 214 g/mol. The maximum absolute atomic E-state index is 12.7. The van der Waals surface area contributed by atoms with Crippen molar-refractivity contribution in [1.82, 2.24) is 9.78 Å². The largest absolute Gasteiger partial charge is 0.288 e. The lowest BCUT2D eigenvalue weighted by Crippen LogP contribution is -2.21. The lowest BCUT2D eigenvalue weighted by atomic mass is 10.3. The quantitative estimate of drug-likeness (QED) is 0.769. The highest BCUT2D eigenvalue weighted by atomic mass is 32.2. The Morgan fingerprint density at radius 1 is 1.79 bits per heavy atom. The normalized spacial score (nSPS) is 18.1. The fraction of sp³-hybridized carbons (Fsp3) is 0.556. The van der Waals surface area contributed by atoms with Crippen molar-refractivity contribution in [3.8, 4) is 0 Å². The summed E-state index contributed by atoms with van der Waals surface area (Å²) in [6.07, 6.45) is 4.56. The van der Waals surface area contributed by atoms with Gasteiger partial charge in [0.05, 0.1) is 17.9 Å². The van der Waals surface area contributed by atoms with Gasteiger partial charge >= 0.3 is 0 Å². The molecule has 1 fully saturated rings. The van der Waals surface area contributed by atoms with E-state index in [1.165, 1.54) is 24.2 Å². The lowest BCUT2D eigenvalue weighted by molar-refractivity contribution is -0.109. The van der Waals surface area contributed by atoms with Crippen LogP contribution >= 0.6 is 11.8 Å². The molecule has 2 rings (SSSR count). The van der Waals surface area contributed by atoms with Crippen molar-refractivity contribution in [3.05, 3.63) is 18.2 Å². The Balaban J connectivity index is 2.06. The van der Waals surface area contributed by atoms with Gasteiger partial charge in [-0.1, -0.05) is 11.8 Å². The van der Waals surface area contributed by atoms with Gasteiger partial charge in [0.15, 0.2) is 10.9 Å². The molecule has 14 heavy (non-hydrogen) atoms. The fourth-order valence-corrected chi connectivity index (χ4v) is 2.27. The fourth-order valence-electron chi connectivity index (χ4n) is 1.38. The first kappa shape index (κ1) is 9.71. The molecule has 3 nitrogen and oxygen atoms in total. The second-order valence-corrected chi connectivity index (χ2v) is 4.76. The minimum absolute atomic E-state index is 0.0966. The molecular weight excluding hydrogens is 203 g/mol. The van der Waals surface area contributed by atoms with Gasteiger partial charge in [0.1, 0.15) is 0 Å². The average Bonchev–Trinajstić information content (AvgIpc) is 2.80. The van der Waals surface area contributed by atoms with Crippen molar-refractivity contribution in [2.75, 3.05) is 5.75 Å². The van der Waals surface area contributed by atoms with E-state index in [-0.39, 0.29) is 16.5 Å². The molecule has 0 aliphatic heterocycles. The molecule has 1 aliphatic rings. The van der Waals surface area contributed by atoms with Gasteiger partial charge in [-0.25, -0.2) is 4.39 Å². The van der Waals surface area contributed by atoms with Gasteiger partial charge in [-0.05, 0) is 12.8 Å². The van der Waals surface area contributed by atoms with Gasteiger partial charge in [0.2, 0.25) is 0 Å². The van der Waals surface area contributed by atoms with E-state index in [0.717, 1.165) is 12.8 Å². The molecule has 1 aromatic heterocycles. The third-order valence-corrected chi connectivity index (χ3v) is 3.50. The van der Waals surface area contributed by atoms with E-state index in [9.17, 15) is 9.18 Å². The summed E-state index contributed by atoms with van der Waals surface area (Å²) in [6, 6.07) is 0. The summed E-state index contributed by atoms with van der Waals surface area (Å²) in [6.45, 7) is 1.55. The molecule has 0 aromatic carbocycles. The summed E-state index contributed by atoms with van der Waals surface area (Å²) < 4.78 is 14.4. The van der Waals surface area contributed by atoms with Crippen LogP contribution in [-0.4, -0.2) is 20.6 Å². The highest BCUT2D eigenvalue weighted by molar-refractivity contribution is 8.13. The van der Waals surface area contributed by atoms with Crippen molar-refractivity contribution in [1.29, 1.82) is 0 Å². The molecule has 1 aromatic rings. The van der Waals surface area contributed by atoms with Gasteiger partial charge in [-0.15, -0.1) is 0 Å². The predicted molar refractivity (Wildman–Crippen MR) is 52.5 cm³/mol. The van der Waals surface area contributed by atoms with E-state index < -0.39 is 0 Å². The van der Waals surface area contributed by atoms with Crippen LogP contribution in [0.4, 0.5) is 4.39 Å². The van der Waals surface area contributed by atoms with Crippen LogP contribution in [0.1, 0.15) is 19.8 Å². The van der Waals surface area contributed by atoms with Crippen molar-refractivity contribution in [2.24, 2.45) is 0 Å². The van der Waals surface area contributed by atoms with E-state index in [4.69, 9.17) is 0 Å². The topological polar surface area (TPSA) is 34.9 Å². The third-order valence-electron chi connectivity index (χ3n) is 2.41. The lowest BCUT2D eigenvalue weighted by Gasteiger charge is -2.13. The van der Waals surface area contributed by atoms with Crippen LogP contribution in [0.3, 0.4) is 0 Å². The Labute approximate surface area is 85.7 Å². The van der Waals surface area contributed by atoms with E-state index >= 15 is 0 Å². The number of rotatable bonds is 3. The number of nitrogens with zero attached hydrogens (tertiary/aromatic N) is 2. The smallest absolute Gasteiger partial charge is 0.185 e. The average molecular weight is 214 g/mol.